The molecule has 1 heterocycles. The highest BCUT2D eigenvalue weighted by atomic mass is 79.9. The zero-order valence-corrected chi connectivity index (χ0v) is 13.1. The number of hydrogen-bond acceptors (Lipinski definition) is 3. The molecule has 0 unspecified atom stereocenters. The first-order valence-electron chi connectivity index (χ1n) is 5.75. The topological polar surface area (TPSA) is 40.5 Å². The zero-order chi connectivity index (χ0) is 14.0. The van der Waals surface area contributed by atoms with Crippen LogP contribution in [0.15, 0.2) is 34.1 Å². The second kappa shape index (κ2) is 5.75. The Balaban J connectivity index is 2.14. The van der Waals surface area contributed by atoms with Crippen LogP contribution in [-0.4, -0.2) is 23.0 Å². The number of carbonyl (C=O) groups excluding carboxylic acids is 1. The van der Waals surface area contributed by atoms with Crippen molar-refractivity contribution in [3.8, 4) is 5.75 Å². The minimum Gasteiger partial charge on any atom is -0.507 e. The molecular weight excluding hydrogens is 326 g/mol. The number of halogens is 1. The average Bonchev–Trinajstić information content (AvgIpc) is 2.74. The monoisotopic (exact) mass is 339 g/mol. The van der Waals surface area contributed by atoms with Crippen LogP contribution in [0.25, 0.3) is 0 Å². The summed E-state index contributed by atoms with van der Waals surface area (Å²) >= 11 is 4.98. The lowest BCUT2D eigenvalue weighted by atomic mass is 10.1. The Morgan fingerprint density at radius 2 is 2.16 bits per heavy atom. The van der Waals surface area contributed by atoms with Crippen LogP contribution in [0.4, 0.5) is 0 Å². The SMILES string of the molecule is Cc1ccc(C(=O)N(C)Cc2cc(Br)cs2)c(O)c1. The molecule has 100 valence electrons. The van der Waals surface area contributed by atoms with E-state index >= 15 is 0 Å². The summed E-state index contributed by atoms with van der Waals surface area (Å²) in [6.45, 7) is 2.41. The van der Waals surface area contributed by atoms with Crippen molar-refractivity contribution in [2.45, 2.75) is 13.5 Å². The maximum Gasteiger partial charge on any atom is 0.257 e. The zero-order valence-electron chi connectivity index (χ0n) is 10.7. The molecule has 1 aromatic heterocycles. The van der Waals surface area contributed by atoms with Crippen molar-refractivity contribution in [3.05, 3.63) is 50.1 Å². The van der Waals surface area contributed by atoms with Crippen LogP contribution in [0.1, 0.15) is 20.8 Å². The van der Waals surface area contributed by atoms with Gasteiger partial charge < -0.3 is 10.0 Å². The summed E-state index contributed by atoms with van der Waals surface area (Å²) in [5, 5.41) is 11.8. The lowest BCUT2D eigenvalue weighted by Crippen LogP contribution is -2.25. The van der Waals surface area contributed by atoms with Gasteiger partial charge in [0.2, 0.25) is 0 Å². The van der Waals surface area contributed by atoms with E-state index in [0.29, 0.717) is 12.1 Å². The van der Waals surface area contributed by atoms with E-state index in [1.54, 1.807) is 35.4 Å². The molecule has 0 saturated carbocycles. The van der Waals surface area contributed by atoms with Crippen molar-refractivity contribution in [2.24, 2.45) is 0 Å². The number of rotatable bonds is 3. The molecule has 2 aromatic rings. The predicted molar refractivity (Wildman–Crippen MR) is 80.7 cm³/mol. The second-order valence-electron chi connectivity index (χ2n) is 4.41. The van der Waals surface area contributed by atoms with Gasteiger partial charge in [-0.2, -0.15) is 0 Å². The number of nitrogens with zero attached hydrogens (tertiary/aromatic N) is 1. The first-order valence-corrected chi connectivity index (χ1v) is 7.42. The fourth-order valence-corrected chi connectivity index (χ4v) is 3.27. The molecule has 1 N–H and O–H groups in total. The Morgan fingerprint density at radius 1 is 1.42 bits per heavy atom. The molecule has 0 fully saturated rings. The lowest BCUT2D eigenvalue weighted by molar-refractivity contribution is 0.0783. The number of aromatic hydroxyl groups is 1. The third-order valence-corrected chi connectivity index (χ3v) is 4.43. The molecule has 2 rings (SSSR count). The number of phenols is 1. The number of aryl methyl sites for hydroxylation is 1. The van der Waals surface area contributed by atoms with Crippen LogP contribution in [-0.2, 0) is 6.54 Å². The van der Waals surface area contributed by atoms with Gasteiger partial charge in [0, 0.05) is 21.8 Å². The highest BCUT2D eigenvalue weighted by Crippen LogP contribution is 2.23. The van der Waals surface area contributed by atoms with Crippen molar-refractivity contribution >= 4 is 33.2 Å². The number of carbonyl (C=O) groups is 1. The van der Waals surface area contributed by atoms with Crippen LogP contribution in [0.5, 0.6) is 5.75 Å². The predicted octanol–water partition coefficient (Wildman–Crippen LogP) is 3.80. The molecule has 0 saturated heterocycles. The normalized spacial score (nSPS) is 10.5. The smallest absolute Gasteiger partial charge is 0.257 e. The standard InChI is InChI=1S/C14H14BrNO2S/c1-9-3-4-12(13(17)5-9)14(18)16(2)7-11-6-10(15)8-19-11/h3-6,8,17H,7H2,1-2H3. The number of thiophene rings is 1. The van der Waals surface area contributed by atoms with Crippen LogP contribution < -0.4 is 0 Å². The third-order valence-electron chi connectivity index (χ3n) is 2.75. The van der Waals surface area contributed by atoms with Crippen molar-refractivity contribution in [1.29, 1.82) is 0 Å². The van der Waals surface area contributed by atoms with Gasteiger partial charge in [0.25, 0.3) is 5.91 Å². The van der Waals surface area contributed by atoms with Gasteiger partial charge in [0.15, 0.2) is 0 Å². The van der Waals surface area contributed by atoms with Crippen LogP contribution in [0.2, 0.25) is 0 Å². The Bertz CT molecular complexity index is 609. The first kappa shape index (κ1) is 14.1. The van der Waals surface area contributed by atoms with Crippen molar-refractivity contribution in [3.63, 3.8) is 0 Å². The summed E-state index contributed by atoms with van der Waals surface area (Å²) in [5.74, 6) is -0.147. The van der Waals surface area contributed by atoms with E-state index in [-0.39, 0.29) is 11.7 Å². The number of phenolic OH excluding ortho intramolecular Hbond substituents is 1. The fourth-order valence-electron chi connectivity index (χ4n) is 1.77. The van der Waals surface area contributed by atoms with E-state index in [2.05, 4.69) is 15.9 Å². The van der Waals surface area contributed by atoms with Gasteiger partial charge in [0.05, 0.1) is 12.1 Å². The maximum atomic E-state index is 12.2. The summed E-state index contributed by atoms with van der Waals surface area (Å²) in [7, 11) is 1.73. The van der Waals surface area contributed by atoms with E-state index < -0.39 is 0 Å². The summed E-state index contributed by atoms with van der Waals surface area (Å²) in [6, 6.07) is 7.07. The minimum absolute atomic E-state index is 0.0317. The van der Waals surface area contributed by atoms with E-state index in [0.717, 1.165) is 14.9 Å². The quantitative estimate of drug-likeness (QED) is 0.923. The first-order chi connectivity index (χ1) is 8.97. The molecule has 0 spiro atoms. The van der Waals surface area contributed by atoms with Crippen LogP contribution in [0.3, 0.4) is 0 Å². The molecule has 0 bridgehead atoms. The van der Waals surface area contributed by atoms with Gasteiger partial charge >= 0.3 is 0 Å². The van der Waals surface area contributed by atoms with Crippen molar-refractivity contribution in [1.82, 2.24) is 4.90 Å². The minimum atomic E-state index is -0.179. The molecule has 0 atom stereocenters. The molecule has 1 amide bonds. The summed E-state index contributed by atoms with van der Waals surface area (Å²) in [6.07, 6.45) is 0. The number of benzene rings is 1. The molecule has 1 aromatic carbocycles. The lowest BCUT2D eigenvalue weighted by Gasteiger charge is -2.17. The van der Waals surface area contributed by atoms with Crippen LogP contribution in [0, 0.1) is 6.92 Å². The van der Waals surface area contributed by atoms with Crippen molar-refractivity contribution < 1.29 is 9.90 Å². The van der Waals surface area contributed by atoms with Crippen LogP contribution >= 0.6 is 27.3 Å². The molecule has 3 nitrogen and oxygen atoms in total. The van der Waals surface area contributed by atoms with Gasteiger partial charge in [-0.1, -0.05) is 6.07 Å². The van der Waals surface area contributed by atoms with E-state index in [1.807, 2.05) is 24.4 Å². The molecule has 0 aliphatic heterocycles. The molecule has 0 aliphatic rings. The Kier molecular flexibility index (Phi) is 4.27. The number of hydrogen-bond donors (Lipinski definition) is 1. The molecular formula is C14H14BrNO2S. The Morgan fingerprint density at radius 3 is 2.74 bits per heavy atom. The van der Waals surface area contributed by atoms with Gasteiger partial charge in [-0.05, 0) is 46.6 Å². The van der Waals surface area contributed by atoms with Crippen molar-refractivity contribution in [2.75, 3.05) is 7.05 Å². The van der Waals surface area contributed by atoms with E-state index in [9.17, 15) is 9.90 Å². The maximum absolute atomic E-state index is 12.2. The fraction of sp³-hybridized carbons (Fsp3) is 0.214. The average molecular weight is 340 g/mol. The summed E-state index contributed by atoms with van der Waals surface area (Å²) in [5.41, 5.74) is 1.27. The molecule has 5 heteroatoms. The van der Waals surface area contributed by atoms with Gasteiger partial charge in [-0.25, -0.2) is 0 Å². The molecule has 19 heavy (non-hydrogen) atoms. The van der Waals surface area contributed by atoms with Gasteiger partial charge in [-0.3, -0.25) is 4.79 Å². The third kappa shape index (κ3) is 3.36. The summed E-state index contributed by atoms with van der Waals surface area (Å²) < 4.78 is 1.02. The van der Waals surface area contributed by atoms with E-state index in [4.69, 9.17) is 0 Å². The highest BCUT2D eigenvalue weighted by Gasteiger charge is 2.16. The Hall–Kier alpha value is -1.33. The number of amides is 1. The summed E-state index contributed by atoms with van der Waals surface area (Å²) in [4.78, 5) is 14.9. The van der Waals surface area contributed by atoms with Gasteiger partial charge in [-0.15, -0.1) is 11.3 Å². The largest absolute Gasteiger partial charge is 0.507 e. The molecule has 0 radical (unpaired) electrons. The Labute approximate surface area is 124 Å². The second-order valence-corrected chi connectivity index (χ2v) is 6.32. The van der Waals surface area contributed by atoms with E-state index in [1.165, 1.54) is 0 Å². The van der Waals surface area contributed by atoms with Gasteiger partial charge in [0.1, 0.15) is 5.75 Å². The highest BCUT2D eigenvalue weighted by molar-refractivity contribution is 9.10. The molecule has 0 aliphatic carbocycles.